The molecule has 168 valence electrons. The summed E-state index contributed by atoms with van der Waals surface area (Å²) in [6, 6.07) is 16.0. The van der Waals surface area contributed by atoms with E-state index in [1.165, 1.54) is 16.3 Å². The monoisotopic (exact) mass is 461 g/mol. The molecule has 7 heteroatoms. The maximum absolute atomic E-state index is 13.0. The largest absolute Gasteiger partial charge is 0.487 e. The van der Waals surface area contributed by atoms with Gasteiger partial charge < -0.3 is 23.5 Å². The maximum Gasteiger partial charge on any atom is 0.289 e. The van der Waals surface area contributed by atoms with Crippen molar-refractivity contribution < 1.29 is 23.4 Å². The van der Waals surface area contributed by atoms with E-state index in [2.05, 4.69) is 41.8 Å². The lowest BCUT2D eigenvalue weighted by molar-refractivity contribution is 0.0700. The summed E-state index contributed by atoms with van der Waals surface area (Å²) in [5, 5.41) is 3.38. The summed E-state index contributed by atoms with van der Waals surface area (Å²) >= 11 is 1.72. The molecule has 2 aromatic carbocycles. The van der Waals surface area contributed by atoms with Crippen LogP contribution in [0.5, 0.6) is 11.5 Å². The highest BCUT2D eigenvalue weighted by Gasteiger charge is 2.27. The molecule has 2 aromatic heterocycles. The number of amides is 1. The number of furan rings is 1. The first-order valence-electron chi connectivity index (χ1n) is 11.1. The van der Waals surface area contributed by atoms with Gasteiger partial charge in [-0.2, -0.15) is 0 Å². The minimum Gasteiger partial charge on any atom is -0.487 e. The molecule has 6 nitrogen and oxygen atoms in total. The van der Waals surface area contributed by atoms with Crippen molar-refractivity contribution in [2.45, 2.75) is 19.1 Å². The Morgan fingerprint density at radius 2 is 2.06 bits per heavy atom. The van der Waals surface area contributed by atoms with E-state index in [1.54, 1.807) is 28.4 Å². The Morgan fingerprint density at radius 3 is 2.91 bits per heavy atom. The number of rotatable bonds is 4. The van der Waals surface area contributed by atoms with E-state index in [4.69, 9.17) is 18.6 Å². The van der Waals surface area contributed by atoms with Crippen molar-refractivity contribution in [1.82, 2.24) is 4.90 Å². The maximum atomic E-state index is 13.0. The number of carbonyl (C=O) groups is 1. The summed E-state index contributed by atoms with van der Waals surface area (Å²) in [7, 11) is 0. The Balaban J connectivity index is 1.43. The van der Waals surface area contributed by atoms with Crippen molar-refractivity contribution in [1.29, 1.82) is 0 Å². The first kappa shape index (κ1) is 20.3. The van der Waals surface area contributed by atoms with Crippen molar-refractivity contribution in [3.05, 3.63) is 71.5 Å². The number of fused-ring (bicyclic) bond motifs is 2. The van der Waals surface area contributed by atoms with Gasteiger partial charge in [-0.25, -0.2) is 0 Å². The molecule has 4 aromatic rings. The minimum atomic E-state index is -0.144. The summed E-state index contributed by atoms with van der Waals surface area (Å²) < 4.78 is 24.6. The molecule has 0 aliphatic carbocycles. The predicted molar refractivity (Wildman–Crippen MR) is 126 cm³/mol. The zero-order valence-corrected chi connectivity index (χ0v) is 18.8. The van der Waals surface area contributed by atoms with Gasteiger partial charge in [0.1, 0.15) is 12.7 Å². The Morgan fingerprint density at radius 1 is 1.12 bits per heavy atom. The Bertz CT molecular complexity index is 1290. The summed E-state index contributed by atoms with van der Waals surface area (Å²) in [5.41, 5.74) is 3.13. The van der Waals surface area contributed by atoms with Crippen LogP contribution in [-0.4, -0.2) is 43.3 Å². The van der Waals surface area contributed by atoms with E-state index in [9.17, 15) is 4.79 Å². The number of ether oxygens (including phenoxy) is 3. The molecular formula is C26H23NO5S. The van der Waals surface area contributed by atoms with Crippen LogP contribution in [0, 0.1) is 0 Å². The number of benzene rings is 2. The van der Waals surface area contributed by atoms with Crippen LogP contribution >= 0.6 is 11.3 Å². The summed E-state index contributed by atoms with van der Waals surface area (Å²) in [5.74, 6) is 1.60. The number of thiophene rings is 1. The molecule has 0 unspecified atom stereocenters. The highest BCUT2D eigenvalue weighted by Crippen LogP contribution is 2.42. The van der Waals surface area contributed by atoms with Gasteiger partial charge >= 0.3 is 0 Å². The van der Waals surface area contributed by atoms with Crippen LogP contribution < -0.4 is 9.47 Å². The van der Waals surface area contributed by atoms with Gasteiger partial charge in [0.2, 0.25) is 0 Å². The van der Waals surface area contributed by atoms with Crippen molar-refractivity contribution >= 4 is 27.3 Å². The molecule has 33 heavy (non-hydrogen) atoms. The zero-order valence-electron chi connectivity index (χ0n) is 18.0. The summed E-state index contributed by atoms with van der Waals surface area (Å²) in [4.78, 5) is 14.8. The lowest BCUT2D eigenvalue weighted by Crippen LogP contribution is -2.32. The smallest absolute Gasteiger partial charge is 0.289 e. The third-order valence-electron chi connectivity index (χ3n) is 6.09. The molecule has 6 rings (SSSR count). The molecule has 0 saturated carbocycles. The van der Waals surface area contributed by atoms with Crippen LogP contribution in [0.4, 0.5) is 0 Å². The van der Waals surface area contributed by atoms with E-state index >= 15 is 0 Å². The second-order valence-corrected chi connectivity index (χ2v) is 9.18. The molecular weight excluding hydrogens is 438 g/mol. The Hall–Kier alpha value is -3.29. The molecule has 0 bridgehead atoms. The van der Waals surface area contributed by atoms with E-state index in [0.717, 1.165) is 23.1 Å². The topological polar surface area (TPSA) is 61.1 Å². The van der Waals surface area contributed by atoms with Crippen LogP contribution in [0.3, 0.4) is 0 Å². The molecule has 1 atom stereocenters. The van der Waals surface area contributed by atoms with E-state index in [-0.39, 0.29) is 12.0 Å². The van der Waals surface area contributed by atoms with Gasteiger partial charge in [0, 0.05) is 27.6 Å². The highest BCUT2D eigenvalue weighted by atomic mass is 32.1. The molecule has 2 aliphatic rings. The number of hydrogen-bond donors (Lipinski definition) is 0. The first-order valence-corrected chi connectivity index (χ1v) is 12.0. The van der Waals surface area contributed by atoms with Crippen molar-refractivity contribution in [3.63, 3.8) is 0 Å². The van der Waals surface area contributed by atoms with Crippen molar-refractivity contribution in [2.24, 2.45) is 0 Å². The van der Waals surface area contributed by atoms with E-state index in [1.807, 2.05) is 0 Å². The zero-order chi connectivity index (χ0) is 22.2. The fraction of sp³-hybridized carbons (Fsp3) is 0.269. The molecule has 1 fully saturated rings. The predicted octanol–water partition coefficient (Wildman–Crippen LogP) is 5.36. The number of hydrogen-bond acceptors (Lipinski definition) is 6. The van der Waals surface area contributed by atoms with Gasteiger partial charge in [0.05, 0.1) is 32.6 Å². The van der Waals surface area contributed by atoms with Crippen LogP contribution in [0.1, 0.15) is 22.5 Å². The highest BCUT2D eigenvalue weighted by molar-refractivity contribution is 7.17. The van der Waals surface area contributed by atoms with Crippen molar-refractivity contribution in [2.75, 3.05) is 26.4 Å². The van der Waals surface area contributed by atoms with E-state index in [0.29, 0.717) is 50.2 Å². The molecule has 1 saturated heterocycles. The average Bonchev–Trinajstić information content (AvgIpc) is 3.59. The van der Waals surface area contributed by atoms with Gasteiger partial charge in [0.15, 0.2) is 17.3 Å². The van der Waals surface area contributed by atoms with Crippen molar-refractivity contribution in [3.8, 4) is 22.6 Å². The summed E-state index contributed by atoms with van der Waals surface area (Å²) in [6.07, 6.45) is 2.37. The van der Waals surface area contributed by atoms with Gasteiger partial charge in [-0.05, 0) is 41.3 Å². The lowest BCUT2D eigenvalue weighted by Gasteiger charge is -2.20. The Labute approximate surface area is 195 Å². The molecule has 4 heterocycles. The van der Waals surface area contributed by atoms with Gasteiger partial charge in [0.25, 0.3) is 5.91 Å². The quantitative estimate of drug-likeness (QED) is 0.409. The normalized spacial score (nSPS) is 18.1. The fourth-order valence-corrected chi connectivity index (χ4v) is 5.41. The van der Waals surface area contributed by atoms with Crippen LogP contribution in [0.15, 0.2) is 64.6 Å². The third kappa shape index (κ3) is 3.87. The number of carbonyl (C=O) groups excluding carboxylic acids is 1. The number of nitrogens with zero attached hydrogens (tertiary/aromatic N) is 1. The fourth-order valence-electron chi connectivity index (χ4n) is 4.44. The minimum absolute atomic E-state index is 0.00345. The standard InChI is InChI=1S/C26H23NO5S/c28-26(22-5-3-9-30-22)27-8-11-31-25-18(14-27)12-17(13-23(25)32-19-7-10-29-15-19)21-16-33-24-6-2-1-4-20(21)24/h1-6,9,12-13,16,19H,7-8,10-11,14-15H2/t19-/m1/s1. The molecule has 2 aliphatic heterocycles. The van der Waals surface area contributed by atoms with Gasteiger partial charge in [-0.15, -0.1) is 11.3 Å². The van der Waals surface area contributed by atoms with Crippen LogP contribution in [0.25, 0.3) is 21.2 Å². The van der Waals surface area contributed by atoms with Crippen LogP contribution in [-0.2, 0) is 11.3 Å². The molecule has 1 amide bonds. The molecule has 0 spiro atoms. The lowest BCUT2D eigenvalue weighted by atomic mass is 10.0. The van der Waals surface area contributed by atoms with Gasteiger partial charge in [-0.3, -0.25) is 4.79 Å². The van der Waals surface area contributed by atoms with E-state index < -0.39 is 0 Å². The third-order valence-corrected chi connectivity index (χ3v) is 7.06. The van der Waals surface area contributed by atoms with Gasteiger partial charge in [-0.1, -0.05) is 18.2 Å². The molecule has 0 N–H and O–H groups in total. The Kier molecular flexibility index (Phi) is 5.28. The first-order chi connectivity index (χ1) is 16.3. The SMILES string of the molecule is O=C(c1ccco1)N1CCOc2c(cc(-c3csc4ccccc34)cc2O[C@@H]2CCOC2)C1. The summed E-state index contributed by atoms with van der Waals surface area (Å²) in [6.45, 7) is 2.55. The van der Waals surface area contributed by atoms with Crippen LogP contribution in [0.2, 0.25) is 0 Å². The second kappa shape index (κ2) is 8.57. The molecule has 0 radical (unpaired) electrons. The average molecular weight is 462 g/mol. The second-order valence-electron chi connectivity index (χ2n) is 8.26.